The van der Waals surface area contributed by atoms with Crippen LogP contribution < -0.4 is 5.73 Å². The molecule has 3 N–H and O–H groups in total. The van der Waals surface area contributed by atoms with Gasteiger partial charge in [0.25, 0.3) is 5.91 Å². The molecule has 1 amide bonds. The minimum atomic E-state index is -0.692. The lowest BCUT2D eigenvalue weighted by molar-refractivity contribution is -0.114. The van der Waals surface area contributed by atoms with E-state index < -0.39 is 5.91 Å². The highest BCUT2D eigenvalue weighted by molar-refractivity contribution is 6.20. The van der Waals surface area contributed by atoms with Crippen LogP contribution in [0.1, 0.15) is 74.1 Å². The standard InChI is InChI=1S/C11H16N2O2.C8H12.C6H12O/c1-6(2)9(8(4)14)5-10(7(3)12)11(13)15;1-7-5-3-4-6-8(7)2;1-2-6-4-3-5-7-6/h5,12H,1-4H3,(H2,13,15);3-5,8H,6H2,1-2H3;6H,2-5H2,1H3/b10-5+,12-7?;;. The van der Waals surface area contributed by atoms with Gasteiger partial charge in [-0.25, -0.2) is 0 Å². The van der Waals surface area contributed by atoms with Crippen molar-refractivity contribution in [2.75, 3.05) is 6.61 Å². The molecule has 2 unspecified atom stereocenters. The largest absolute Gasteiger partial charge is 0.378 e. The Morgan fingerprint density at radius 3 is 2.17 bits per heavy atom. The van der Waals surface area contributed by atoms with E-state index in [1.807, 2.05) is 0 Å². The number of nitrogens with one attached hydrogen (secondary N) is 1. The Bertz CT molecular complexity index is 701. The van der Waals surface area contributed by atoms with E-state index in [0.717, 1.165) is 18.1 Å². The van der Waals surface area contributed by atoms with E-state index in [1.54, 1.807) is 13.8 Å². The van der Waals surface area contributed by atoms with Gasteiger partial charge in [0.2, 0.25) is 0 Å². The molecule has 168 valence electrons. The average molecular weight is 417 g/mol. The van der Waals surface area contributed by atoms with Crippen LogP contribution in [-0.4, -0.2) is 30.1 Å². The van der Waals surface area contributed by atoms with Crippen LogP contribution in [0.2, 0.25) is 0 Å². The Labute approximate surface area is 182 Å². The molecular formula is C25H40N2O3. The Hall–Kier alpha value is -2.27. The van der Waals surface area contributed by atoms with Crippen molar-refractivity contribution in [1.82, 2.24) is 0 Å². The first kappa shape index (κ1) is 27.7. The van der Waals surface area contributed by atoms with Gasteiger partial charge in [-0.2, -0.15) is 0 Å². The van der Waals surface area contributed by atoms with Crippen molar-refractivity contribution >= 4 is 17.4 Å². The van der Waals surface area contributed by atoms with Crippen molar-refractivity contribution in [1.29, 1.82) is 5.41 Å². The maximum Gasteiger partial charge on any atom is 0.250 e. The molecule has 1 fully saturated rings. The van der Waals surface area contributed by atoms with Gasteiger partial charge < -0.3 is 15.9 Å². The third kappa shape index (κ3) is 11.1. The zero-order valence-electron chi connectivity index (χ0n) is 19.8. The monoisotopic (exact) mass is 416 g/mol. The lowest BCUT2D eigenvalue weighted by Gasteiger charge is -2.11. The topological polar surface area (TPSA) is 93.2 Å². The molecule has 30 heavy (non-hydrogen) atoms. The number of hydrogen-bond donors (Lipinski definition) is 2. The van der Waals surface area contributed by atoms with Crippen molar-refractivity contribution in [3.8, 4) is 0 Å². The third-order valence-corrected chi connectivity index (χ3v) is 5.12. The third-order valence-electron chi connectivity index (χ3n) is 5.12. The smallest absolute Gasteiger partial charge is 0.250 e. The van der Waals surface area contributed by atoms with Crippen molar-refractivity contribution in [3.05, 3.63) is 46.6 Å². The summed E-state index contributed by atoms with van der Waals surface area (Å²) in [5, 5.41) is 7.35. The summed E-state index contributed by atoms with van der Waals surface area (Å²) in [6, 6.07) is 0. The number of Topliss-reactive ketones (excluding diaryl/α,β-unsaturated/α-hetero) is 1. The number of primary amides is 1. The number of carbonyl (C=O) groups excluding carboxylic acids is 2. The number of allylic oxidation sites excluding steroid dienone is 7. The highest BCUT2D eigenvalue weighted by atomic mass is 16.5. The van der Waals surface area contributed by atoms with Gasteiger partial charge in [0.15, 0.2) is 5.78 Å². The fourth-order valence-corrected chi connectivity index (χ4v) is 2.93. The normalized spacial score (nSPS) is 20.1. The van der Waals surface area contributed by atoms with E-state index in [1.165, 1.54) is 51.2 Å². The van der Waals surface area contributed by atoms with Crippen LogP contribution in [0.4, 0.5) is 0 Å². The van der Waals surface area contributed by atoms with E-state index in [-0.39, 0.29) is 17.1 Å². The van der Waals surface area contributed by atoms with Crippen LogP contribution in [0.3, 0.4) is 0 Å². The number of amides is 1. The Morgan fingerprint density at radius 1 is 1.27 bits per heavy atom. The fourth-order valence-electron chi connectivity index (χ4n) is 2.93. The summed E-state index contributed by atoms with van der Waals surface area (Å²) in [5.41, 5.74) is 7.96. The molecule has 5 heteroatoms. The van der Waals surface area contributed by atoms with Gasteiger partial charge in [0, 0.05) is 17.9 Å². The molecule has 0 bridgehead atoms. The summed E-state index contributed by atoms with van der Waals surface area (Å²) in [6.45, 7) is 14.0. The van der Waals surface area contributed by atoms with Gasteiger partial charge in [-0.1, -0.05) is 43.2 Å². The average Bonchev–Trinajstić information content (AvgIpc) is 3.18. The summed E-state index contributed by atoms with van der Waals surface area (Å²) in [5.74, 6) is -0.0579. The molecule has 0 aromatic rings. The van der Waals surface area contributed by atoms with Gasteiger partial charge in [0.1, 0.15) is 0 Å². The zero-order chi connectivity index (χ0) is 23.3. The van der Waals surface area contributed by atoms with Crippen molar-refractivity contribution < 1.29 is 14.3 Å². The second-order valence-electron chi connectivity index (χ2n) is 8.04. The second-order valence-corrected chi connectivity index (χ2v) is 8.04. The molecule has 0 spiro atoms. The van der Waals surface area contributed by atoms with Crippen LogP contribution in [0.25, 0.3) is 0 Å². The summed E-state index contributed by atoms with van der Waals surface area (Å²) in [6.07, 6.45) is 13.5. The maximum absolute atomic E-state index is 11.2. The predicted octanol–water partition coefficient (Wildman–Crippen LogP) is 5.47. The number of ether oxygens (including phenoxy) is 1. The molecule has 2 atom stereocenters. The predicted molar refractivity (Wildman–Crippen MR) is 126 cm³/mol. The molecule has 1 aliphatic heterocycles. The Morgan fingerprint density at radius 2 is 1.90 bits per heavy atom. The minimum absolute atomic E-state index is 0.0579. The zero-order valence-corrected chi connectivity index (χ0v) is 19.8. The summed E-state index contributed by atoms with van der Waals surface area (Å²) in [7, 11) is 0. The van der Waals surface area contributed by atoms with E-state index in [9.17, 15) is 9.59 Å². The van der Waals surface area contributed by atoms with Gasteiger partial charge >= 0.3 is 0 Å². The van der Waals surface area contributed by atoms with Crippen LogP contribution in [0.5, 0.6) is 0 Å². The van der Waals surface area contributed by atoms with E-state index in [0.29, 0.717) is 11.7 Å². The quantitative estimate of drug-likeness (QED) is 0.354. The molecule has 2 aliphatic rings. The van der Waals surface area contributed by atoms with E-state index in [4.69, 9.17) is 15.9 Å². The number of carbonyl (C=O) groups is 2. The molecular weight excluding hydrogens is 376 g/mol. The van der Waals surface area contributed by atoms with Gasteiger partial charge in [-0.05, 0) is 72.3 Å². The minimum Gasteiger partial charge on any atom is -0.378 e. The molecule has 2 rings (SSSR count). The highest BCUT2D eigenvalue weighted by Crippen LogP contribution is 2.18. The maximum atomic E-state index is 11.2. The summed E-state index contributed by atoms with van der Waals surface area (Å²) in [4.78, 5) is 22.2. The summed E-state index contributed by atoms with van der Waals surface area (Å²) >= 11 is 0. The molecule has 0 aromatic carbocycles. The van der Waals surface area contributed by atoms with Gasteiger partial charge in [-0.15, -0.1) is 0 Å². The van der Waals surface area contributed by atoms with E-state index in [2.05, 4.69) is 39.0 Å². The second kappa shape index (κ2) is 14.7. The number of hydrogen-bond acceptors (Lipinski definition) is 4. The fraction of sp³-hybridized carbons (Fsp3) is 0.560. The van der Waals surface area contributed by atoms with Crippen molar-refractivity contribution in [2.24, 2.45) is 11.7 Å². The Balaban J connectivity index is 0.000000464. The molecule has 5 nitrogen and oxygen atoms in total. The molecule has 1 heterocycles. The van der Waals surface area contributed by atoms with Crippen LogP contribution >= 0.6 is 0 Å². The van der Waals surface area contributed by atoms with Crippen LogP contribution in [-0.2, 0) is 14.3 Å². The highest BCUT2D eigenvalue weighted by Gasteiger charge is 2.12. The first-order valence-corrected chi connectivity index (χ1v) is 10.7. The van der Waals surface area contributed by atoms with Crippen LogP contribution in [0.15, 0.2) is 46.6 Å². The van der Waals surface area contributed by atoms with Crippen molar-refractivity contribution in [2.45, 2.75) is 80.3 Å². The van der Waals surface area contributed by atoms with Gasteiger partial charge in [0.05, 0.1) is 11.7 Å². The van der Waals surface area contributed by atoms with E-state index >= 15 is 0 Å². The molecule has 0 radical (unpaired) electrons. The molecule has 1 aliphatic carbocycles. The Kier molecular flexibility index (Phi) is 13.6. The van der Waals surface area contributed by atoms with Gasteiger partial charge in [-0.3, -0.25) is 9.59 Å². The lowest BCUT2D eigenvalue weighted by Crippen LogP contribution is -2.19. The molecule has 1 saturated heterocycles. The SMILES string of the molecule is CC(=N)/C(=C\C(C(C)=O)=C(C)C)C(N)=O.CC1=CC=CCC1C.CCC1CCCO1. The molecule has 0 saturated carbocycles. The summed E-state index contributed by atoms with van der Waals surface area (Å²) < 4.78 is 5.30. The number of rotatable bonds is 5. The first-order valence-electron chi connectivity index (χ1n) is 10.7. The molecule has 0 aromatic heterocycles. The number of ketones is 1. The van der Waals surface area contributed by atoms with Crippen molar-refractivity contribution in [3.63, 3.8) is 0 Å². The number of nitrogens with two attached hydrogens (primary N) is 1. The lowest BCUT2D eigenvalue weighted by atomic mass is 9.95. The first-order chi connectivity index (χ1) is 14.0. The van der Waals surface area contributed by atoms with Crippen LogP contribution in [0, 0.1) is 11.3 Å².